The molecule has 1 N–H and O–H groups in total. The second-order valence-corrected chi connectivity index (χ2v) is 6.73. The fraction of sp³-hybridized carbons (Fsp3) is 0.190. The summed E-state index contributed by atoms with van der Waals surface area (Å²) in [6.45, 7) is 6.54. The molecule has 0 aliphatic heterocycles. The molecule has 1 amide bonds. The van der Waals surface area contributed by atoms with Crippen LogP contribution in [0.1, 0.15) is 38.4 Å². The molecule has 1 aromatic heterocycles. The van der Waals surface area contributed by atoms with E-state index in [-0.39, 0.29) is 11.3 Å². The number of carbonyl (C=O) groups excluding carboxylic acids is 1. The van der Waals surface area contributed by atoms with Crippen molar-refractivity contribution in [1.82, 2.24) is 15.2 Å². The summed E-state index contributed by atoms with van der Waals surface area (Å²) in [5.41, 5.74) is 7.60. The minimum atomic E-state index is -0.514. The van der Waals surface area contributed by atoms with Gasteiger partial charge in [-0.2, -0.15) is 10.2 Å². The van der Waals surface area contributed by atoms with Crippen LogP contribution in [0.2, 0.25) is 0 Å². The topological polar surface area (TPSA) is 102 Å². The highest BCUT2D eigenvalue weighted by molar-refractivity contribution is 5.95. The summed E-state index contributed by atoms with van der Waals surface area (Å²) < 4.78 is 1.90. The van der Waals surface area contributed by atoms with E-state index in [4.69, 9.17) is 0 Å². The zero-order valence-corrected chi connectivity index (χ0v) is 16.4. The average molecular weight is 391 g/mol. The number of rotatable bonds is 6. The predicted molar refractivity (Wildman–Crippen MR) is 110 cm³/mol. The number of hydrogen-bond acceptors (Lipinski definition) is 5. The van der Waals surface area contributed by atoms with E-state index in [2.05, 4.69) is 39.9 Å². The van der Waals surface area contributed by atoms with Gasteiger partial charge in [-0.15, -0.1) is 0 Å². The highest BCUT2D eigenvalue weighted by atomic mass is 16.6. The first kappa shape index (κ1) is 19.9. The van der Waals surface area contributed by atoms with Crippen molar-refractivity contribution in [2.45, 2.75) is 27.3 Å². The molecule has 0 aliphatic carbocycles. The lowest BCUT2D eigenvalue weighted by atomic mass is 10.1. The number of nitrogens with zero attached hydrogens (tertiary/aromatic N) is 4. The van der Waals surface area contributed by atoms with Crippen LogP contribution in [0.25, 0.3) is 0 Å². The highest BCUT2D eigenvalue weighted by Gasteiger charge is 2.11. The third kappa shape index (κ3) is 4.73. The Morgan fingerprint density at radius 1 is 1.14 bits per heavy atom. The Kier molecular flexibility index (Phi) is 5.82. The van der Waals surface area contributed by atoms with Crippen molar-refractivity contribution in [3.8, 4) is 0 Å². The highest BCUT2D eigenvalue weighted by Crippen LogP contribution is 2.14. The van der Waals surface area contributed by atoms with Gasteiger partial charge in [0.25, 0.3) is 11.6 Å². The number of carbonyl (C=O) groups is 1. The second-order valence-electron chi connectivity index (χ2n) is 6.73. The number of benzene rings is 2. The summed E-state index contributed by atoms with van der Waals surface area (Å²) in [7, 11) is 0. The molecule has 0 aliphatic rings. The van der Waals surface area contributed by atoms with Crippen LogP contribution in [0, 0.1) is 30.9 Å². The Morgan fingerprint density at radius 3 is 2.41 bits per heavy atom. The zero-order valence-electron chi connectivity index (χ0n) is 16.4. The van der Waals surface area contributed by atoms with Crippen LogP contribution in [-0.2, 0) is 6.54 Å². The quantitative estimate of drug-likeness (QED) is 0.394. The summed E-state index contributed by atoms with van der Waals surface area (Å²) in [5.74, 6) is -0.446. The summed E-state index contributed by atoms with van der Waals surface area (Å²) >= 11 is 0. The lowest BCUT2D eigenvalue weighted by Gasteiger charge is -2.05. The maximum absolute atomic E-state index is 12.1. The summed E-state index contributed by atoms with van der Waals surface area (Å²) in [6.07, 6.45) is 1.56. The molecule has 3 rings (SSSR count). The number of aryl methyl sites for hydroxylation is 2. The molecule has 0 saturated carbocycles. The Labute approximate surface area is 168 Å². The van der Waals surface area contributed by atoms with Crippen LogP contribution < -0.4 is 5.43 Å². The van der Waals surface area contributed by atoms with Gasteiger partial charge in [0.2, 0.25) is 0 Å². The number of aromatic nitrogens is 2. The van der Waals surface area contributed by atoms with Crippen LogP contribution in [0.3, 0.4) is 0 Å². The van der Waals surface area contributed by atoms with Gasteiger partial charge in [0.05, 0.1) is 23.4 Å². The number of hydrogen-bond donors (Lipinski definition) is 1. The van der Waals surface area contributed by atoms with Gasteiger partial charge in [0.1, 0.15) is 0 Å². The van der Waals surface area contributed by atoms with Gasteiger partial charge in [-0.1, -0.05) is 29.8 Å². The Hall–Kier alpha value is -3.81. The molecule has 0 saturated heterocycles. The monoisotopic (exact) mass is 391 g/mol. The molecule has 3 aromatic rings. The molecule has 8 heteroatoms. The van der Waals surface area contributed by atoms with Crippen LogP contribution in [0.15, 0.2) is 53.6 Å². The molecular formula is C21H21N5O3. The van der Waals surface area contributed by atoms with E-state index >= 15 is 0 Å². The zero-order chi connectivity index (χ0) is 21.0. The van der Waals surface area contributed by atoms with Gasteiger partial charge in [-0.3, -0.25) is 19.6 Å². The number of nitro groups is 1. The molecule has 0 radical (unpaired) electrons. The number of nitrogens with one attached hydrogen (secondary N) is 1. The minimum Gasteiger partial charge on any atom is -0.267 e. The lowest BCUT2D eigenvalue weighted by molar-refractivity contribution is -0.384. The van der Waals surface area contributed by atoms with Crippen LogP contribution in [0.5, 0.6) is 0 Å². The van der Waals surface area contributed by atoms with E-state index in [0.717, 1.165) is 22.5 Å². The molecule has 8 nitrogen and oxygen atoms in total. The number of non-ortho nitro benzene ring substituents is 1. The third-order valence-corrected chi connectivity index (χ3v) is 4.59. The molecule has 29 heavy (non-hydrogen) atoms. The van der Waals surface area contributed by atoms with Gasteiger partial charge in [-0.25, -0.2) is 5.43 Å². The van der Waals surface area contributed by atoms with Crippen LogP contribution in [-0.4, -0.2) is 26.8 Å². The first-order chi connectivity index (χ1) is 13.8. The smallest absolute Gasteiger partial charge is 0.267 e. The first-order valence-corrected chi connectivity index (χ1v) is 9.02. The van der Waals surface area contributed by atoms with Crippen LogP contribution in [0.4, 0.5) is 5.69 Å². The van der Waals surface area contributed by atoms with Crippen molar-refractivity contribution in [2.24, 2.45) is 5.10 Å². The lowest BCUT2D eigenvalue weighted by Crippen LogP contribution is -2.17. The number of amides is 1. The van der Waals surface area contributed by atoms with Crippen molar-refractivity contribution in [1.29, 1.82) is 0 Å². The summed E-state index contributed by atoms with van der Waals surface area (Å²) in [5, 5.41) is 19.3. The fourth-order valence-electron chi connectivity index (χ4n) is 2.87. The van der Waals surface area contributed by atoms with E-state index in [1.165, 1.54) is 29.8 Å². The molecule has 0 fully saturated rings. The molecule has 2 aromatic carbocycles. The minimum absolute atomic E-state index is 0.0720. The van der Waals surface area contributed by atoms with Gasteiger partial charge in [-0.05, 0) is 38.5 Å². The van der Waals surface area contributed by atoms with E-state index < -0.39 is 10.8 Å². The molecule has 0 unspecified atom stereocenters. The Bertz CT molecular complexity index is 1070. The third-order valence-electron chi connectivity index (χ3n) is 4.59. The molecule has 0 atom stereocenters. The standard InChI is InChI=1S/C21H21N5O3/c1-14-4-6-17(7-5-14)13-25-16(3)20(15(2)24-25)12-22-23-21(27)18-8-10-19(11-9-18)26(28)29/h4-12H,13H2,1-3H3,(H,23,27)/b22-12-. The first-order valence-electron chi connectivity index (χ1n) is 9.02. The molecular weight excluding hydrogens is 370 g/mol. The van der Waals surface area contributed by atoms with Gasteiger partial charge in [0.15, 0.2) is 0 Å². The normalized spacial score (nSPS) is 11.0. The number of nitro benzene ring substituents is 1. The van der Waals surface area contributed by atoms with Crippen molar-refractivity contribution < 1.29 is 9.72 Å². The predicted octanol–water partition coefficient (Wildman–Crippen LogP) is 3.53. The number of hydrazone groups is 1. The van der Waals surface area contributed by atoms with Crippen LogP contribution >= 0.6 is 0 Å². The van der Waals surface area contributed by atoms with E-state index in [1.807, 2.05) is 25.5 Å². The maximum atomic E-state index is 12.1. The molecule has 0 bridgehead atoms. The Morgan fingerprint density at radius 2 is 1.79 bits per heavy atom. The average Bonchev–Trinajstić information content (AvgIpc) is 2.97. The van der Waals surface area contributed by atoms with Crippen molar-refractivity contribution in [3.05, 3.63) is 92.3 Å². The molecule has 1 heterocycles. The SMILES string of the molecule is Cc1ccc(Cn2nc(C)c(/C=N\NC(=O)c3ccc([N+](=O)[O-])cc3)c2C)cc1. The Balaban J connectivity index is 1.68. The summed E-state index contributed by atoms with van der Waals surface area (Å²) in [4.78, 5) is 22.3. The van der Waals surface area contributed by atoms with Gasteiger partial charge in [0, 0.05) is 29.0 Å². The molecule has 0 spiro atoms. The largest absolute Gasteiger partial charge is 0.271 e. The summed E-state index contributed by atoms with van der Waals surface area (Å²) in [6, 6.07) is 13.6. The van der Waals surface area contributed by atoms with Gasteiger partial charge < -0.3 is 0 Å². The molecule has 148 valence electrons. The van der Waals surface area contributed by atoms with E-state index in [1.54, 1.807) is 6.21 Å². The van der Waals surface area contributed by atoms with E-state index in [9.17, 15) is 14.9 Å². The van der Waals surface area contributed by atoms with Crippen molar-refractivity contribution >= 4 is 17.8 Å². The van der Waals surface area contributed by atoms with E-state index in [0.29, 0.717) is 6.54 Å². The maximum Gasteiger partial charge on any atom is 0.271 e. The van der Waals surface area contributed by atoms with Gasteiger partial charge >= 0.3 is 0 Å². The van der Waals surface area contributed by atoms with Crippen molar-refractivity contribution in [3.63, 3.8) is 0 Å². The fourth-order valence-corrected chi connectivity index (χ4v) is 2.87. The van der Waals surface area contributed by atoms with Crippen molar-refractivity contribution in [2.75, 3.05) is 0 Å². The second kappa shape index (κ2) is 8.47.